The minimum absolute atomic E-state index is 0.0261. The van der Waals surface area contributed by atoms with E-state index in [9.17, 15) is 20.4 Å². The maximum absolute atomic E-state index is 9.86. The average molecular weight is 492 g/mol. The quantitative estimate of drug-likeness (QED) is 0.283. The molecule has 0 unspecified atom stereocenters. The fraction of sp³-hybridized carbons (Fsp3) is 1.00. The Balaban J connectivity index is 1.88. The Morgan fingerprint density at radius 3 is 0.743 bits per heavy atom. The molecule has 4 aliphatic heterocycles. The van der Waals surface area contributed by atoms with Gasteiger partial charge < -0.3 is 20.4 Å². The Hall–Kier alpha value is -3.36. The minimum atomic E-state index is -1.48. The third-order valence-corrected chi connectivity index (χ3v) is 6.53. The first-order chi connectivity index (χ1) is 17.0. The van der Waals surface area contributed by atoms with Crippen LogP contribution < -0.4 is 0 Å². The van der Waals surface area contributed by atoms with Crippen LogP contribution in [0.15, 0.2) is 82.7 Å². The Bertz CT molecular complexity index is 803. The molecule has 4 aliphatic rings. The van der Waals surface area contributed by atoms with E-state index in [0.29, 0.717) is 0 Å². The van der Waals surface area contributed by atoms with Crippen LogP contribution in [0.2, 0.25) is 0 Å². The summed E-state index contributed by atoms with van der Waals surface area (Å²) in [7, 11) is 0. The number of hydrogen-bond acceptors (Lipinski definition) is 20. The van der Waals surface area contributed by atoms with Crippen molar-refractivity contribution in [3.63, 3.8) is 0 Å². The summed E-state index contributed by atoms with van der Waals surface area (Å²) in [4.78, 5) is 0. The van der Waals surface area contributed by atoms with Crippen molar-refractivity contribution >= 4 is 0 Å². The van der Waals surface area contributed by atoms with Gasteiger partial charge in [-0.15, -0.1) is 40.9 Å². The predicted octanol–water partition coefficient (Wildman–Crippen LogP) is 2.26. The highest BCUT2D eigenvalue weighted by molar-refractivity contribution is 5.12. The number of aliphatic hydroxyl groups excluding tert-OH is 4. The first-order valence-corrected chi connectivity index (χ1v) is 10.8. The minimum Gasteiger partial charge on any atom is -0.396 e. The number of aliphatic hydroxyl groups is 4. The second-order valence-corrected chi connectivity index (χ2v) is 8.27. The van der Waals surface area contributed by atoms with Crippen LogP contribution in [0, 0.1) is 11.8 Å². The Morgan fingerprint density at radius 2 is 0.571 bits per heavy atom. The number of rotatable bonds is 14. The van der Waals surface area contributed by atoms with Gasteiger partial charge in [0.2, 0.25) is 22.7 Å². The zero-order valence-corrected chi connectivity index (χ0v) is 18.5. The molecule has 0 amide bonds. The SMILES string of the molecule is OCCC1(C(CC(C2(CCO)N=NN=N2)C2(CCO)N=NN=N2)C2(CCO)N=NN=N2)N=NN=N1. The molecule has 0 spiro atoms. The second-order valence-electron chi connectivity index (χ2n) is 8.27. The molecule has 0 fully saturated rings. The average Bonchev–Trinajstić information content (AvgIpc) is 3.64. The topological polar surface area (TPSA) is 279 Å². The van der Waals surface area contributed by atoms with Crippen LogP contribution in [0.25, 0.3) is 0 Å². The molecule has 0 aromatic carbocycles. The molecular formula is C15H24N16O4. The molecule has 20 nitrogen and oxygen atoms in total. The molecule has 0 saturated carbocycles. The normalized spacial score (nSPS) is 23.3. The van der Waals surface area contributed by atoms with Gasteiger partial charge in [0, 0.05) is 52.1 Å². The van der Waals surface area contributed by atoms with Crippen LogP contribution in [0.5, 0.6) is 0 Å². The van der Waals surface area contributed by atoms with E-state index >= 15 is 0 Å². The van der Waals surface area contributed by atoms with Gasteiger partial charge in [-0.2, -0.15) is 0 Å². The molecule has 0 atom stereocenters. The van der Waals surface area contributed by atoms with Gasteiger partial charge in [-0.25, -0.2) is 0 Å². The number of hydrogen-bond donors (Lipinski definition) is 4. The fourth-order valence-corrected chi connectivity index (χ4v) is 4.90. The van der Waals surface area contributed by atoms with Crippen LogP contribution in [0.4, 0.5) is 0 Å². The van der Waals surface area contributed by atoms with Crippen molar-refractivity contribution in [1.29, 1.82) is 0 Å². The fourth-order valence-electron chi connectivity index (χ4n) is 4.90. The van der Waals surface area contributed by atoms with Crippen molar-refractivity contribution in [1.82, 2.24) is 0 Å². The van der Waals surface area contributed by atoms with Gasteiger partial charge in [-0.05, 0) is 48.2 Å². The van der Waals surface area contributed by atoms with Crippen LogP contribution >= 0.6 is 0 Å². The molecule has 0 radical (unpaired) electrons. The summed E-state index contributed by atoms with van der Waals surface area (Å²) in [6.07, 6.45) is -0.140. The van der Waals surface area contributed by atoms with Crippen molar-refractivity contribution in [2.45, 2.75) is 54.8 Å². The maximum atomic E-state index is 9.86. The second kappa shape index (κ2) is 10.1. The molecular weight excluding hydrogens is 468 g/mol. The smallest absolute Gasteiger partial charge is 0.204 e. The Morgan fingerprint density at radius 1 is 0.371 bits per heavy atom. The van der Waals surface area contributed by atoms with Crippen molar-refractivity contribution in [3.05, 3.63) is 0 Å². The highest BCUT2D eigenvalue weighted by Crippen LogP contribution is 2.54. The third kappa shape index (κ3) is 4.28. The number of nitrogens with zero attached hydrogens (tertiary/aromatic N) is 16. The lowest BCUT2D eigenvalue weighted by molar-refractivity contribution is 0.0318. The van der Waals surface area contributed by atoms with Crippen molar-refractivity contribution in [2.24, 2.45) is 94.5 Å². The molecule has 0 saturated heterocycles. The first-order valence-electron chi connectivity index (χ1n) is 10.8. The van der Waals surface area contributed by atoms with E-state index in [4.69, 9.17) is 0 Å². The summed E-state index contributed by atoms with van der Waals surface area (Å²) in [5.74, 6) is -1.82. The van der Waals surface area contributed by atoms with E-state index in [2.05, 4.69) is 82.7 Å². The van der Waals surface area contributed by atoms with E-state index < -0.39 is 34.5 Å². The molecule has 4 heterocycles. The van der Waals surface area contributed by atoms with Crippen LogP contribution in [-0.4, -0.2) is 69.5 Å². The standard InChI is InChI=1S/C15H24N16O4/c32-5-1-12(16-24-25-17-12)10(13(2-6-33)18-26-27-19-13)9-11(14(3-7-34)20-28-29-21-14)15(4-8-35)22-30-31-23-15/h10-11,32-35H,1-9H2. The van der Waals surface area contributed by atoms with Crippen molar-refractivity contribution in [3.8, 4) is 0 Å². The molecule has 0 aromatic rings. The molecule has 0 aliphatic carbocycles. The summed E-state index contributed by atoms with van der Waals surface area (Å²) in [6, 6.07) is 0. The van der Waals surface area contributed by atoms with E-state index in [-0.39, 0.29) is 58.5 Å². The summed E-state index contributed by atoms with van der Waals surface area (Å²) >= 11 is 0. The molecule has 20 heteroatoms. The van der Waals surface area contributed by atoms with Gasteiger partial charge in [0.05, 0.1) is 11.8 Å². The van der Waals surface area contributed by atoms with Gasteiger partial charge in [-0.3, -0.25) is 0 Å². The Kier molecular flexibility index (Phi) is 7.14. The third-order valence-electron chi connectivity index (χ3n) is 6.53. The lowest BCUT2D eigenvalue weighted by Crippen LogP contribution is -2.54. The van der Waals surface area contributed by atoms with E-state index in [0.717, 1.165) is 0 Å². The molecule has 4 rings (SSSR count). The summed E-state index contributed by atoms with van der Waals surface area (Å²) in [6.45, 7) is -1.37. The monoisotopic (exact) mass is 492 g/mol. The molecule has 0 bridgehead atoms. The largest absolute Gasteiger partial charge is 0.396 e. The zero-order valence-electron chi connectivity index (χ0n) is 18.5. The lowest BCUT2D eigenvalue weighted by Gasteiger charge is -2.43. The Labute approximate surface area is 196 Å². The highest BCUT2D eigenvalue weighted by Gasteiger charge is 2.63. The van der Waals surface area contributed by atoms with E-state index in [1.165, 1.54) is 0 Å². The van der Waals surface area contributed by atoms with Crippen LogP contribution in [0.1, 0.15) is 32.1 Å². The lowest BCUT2D eigenvalue weighted by atomic mass is 9.67. The van der Waals surface area contributed by atoms with Gasteiger partial charge >= 0.3 is 0 Å². The van der Waals surface area contributed by atoms with E-state index in [1.807, 2.05) is 0 Å². The maximum Gasteiger partial charge on any atom is 0.204 e. The van der Waals surface area contributed by atoms with Crippen molar-refractivity contribution in [2.75, 3.05) is 26.4 Å². The first kappa shape index (κ1) is 24.8. The molecule has 0 aromatic heterocycles. The van der Waals surface area contributed by atoms with Crippen LogP contribution in [-0.2, 0) is 0 Å². The zero-order chi connectivity index (χ0) is 24.8. The summed E-state index contributed by atoms with van der Waals surface area (Å²) in [5, 5.41) is 102. The summed E-state index contributed by atoms with van der Waals surface area (Å²) < 4.78 is 0. The van der Waals surface area contributed by atoms with Crippen LogP contribution in [0.3, 0.4) is 0 Å². The molecule has 4 N–H and O–H groups in total. The molecule has 188 valence electrons. The van der Waals surface area contributed by atoms with Crippen molar-refractivity contribution < 1.29 is 20.4 Å². The van der Waals surface area contributed by atoms with Gasteiger partial charge in [0.1, 0.15) is 0 Å². The summed E-state index contributed by atoms with van der Waals surface area (Å²) in [5.41, 5.74) is -5.92. The molecule has 35 heavy (non-hydrogen) atoms. The van der Waals surface area contributed by atoms with E-state index in [1.54, 1.807) is 0 Å². The van der Waals surface area contributed by atoms with Gasteiger partial charge in [0.25, 0.3) is 0 Å². The highest BCUT2D eigenvalue weighted by atomic mass is 16.3. The van der Waals surface area contributed by atoms with Gasteiger partial charge in [0.15, 0.2) is 0 Å². The van der Waals surface area contributed by atoms with Gasteiger partial charge in [-0.1, -0.05) is 0 Å². The predicted molar refractivity (Wildman–Crippen MR) is 108 cm³/mol.